The van der Waals surface area contributed by atoms with E-state index in [0.717, 1.165) is 6.42 Å². The number of rotatable bonds is 6. The molecule has 0 fully saturated rings. The predicted molar refractivity (Wildman–Crippen MR) is 81.3 cm³/mol. The van der Waals surface area contributed by atoms with E-state index in [1.807, 2.05) is 0 Å². The van der Waals surface area contributed by atoms with Crippen LogP contribution >= 0.6 is 0 Å². The number of hydrogen-bond donors (Lipinski definition) is 0. The van der Waals surface area contributed by atoms with E-state index < -0.39 is 21.1 Å². The Bertz CT molecular complexity index is 348. The van der Waals surface area contributed by atoms with Gasteiger partial charge in [-0.05, 0) is 0 Å². The molecule has 3 nitrogen and oxygen atoms in total. The van der Waals surface area contributed by atoms with E-state index in [0.29, 0.717) is 5.92 Å². The predicted octanol–water partition coefficient (Wildman–Crippen LogP) is 2.83. The Hall–Kier alpha value is 0.243. The molecule has 1 aliphatic rings. The zero-order valence-corrected chi connectivity index (χ0v) is 16.4. The van der Waals surface area contributed by atoms with E-state index in [9.17, 15) is 0 Å². The topological polar surface area (TPSA) is 9.72 Å². The molecule has 0 radical (unpaired) electrons. The number of hydrogen-bond acceptors (Lipinski definition) is 3. The van der Waals surface area contributed by atoms with Crippen molar-refractivity contribution in [1.29, 1.82) is 0 Å². The van der Waals surface area contributed by atoms with Crippen molar-refractivity contribution in [2.75, 3.05) is 42.3 Å². The van der Waals surface area contributed by atoms with Gasteiger partial charge in [0.05, 0.1) is 0 Å². The molecule has 1 unspecified atom stereocenters. The van der Waals surface area contributed by atoms with E-state index in [4.69, 9.17) is 0 Å². The van der Waals surface area contributed by atoms with Crippen LogP contribution in [-0.4, -0.2) is 50.8 Å². The molecule has 0 N–H and O–H groups in total. The first-order chi connectivity index (χ1) is 8.79. The van der Waals surface area contributed by atoms with Crippen LogP contribution in [0.4, 0.5) is 0 Å². The molecule has 0 aromatic rings. The van der Waals surface area contributed by atoms with Gasteiger partial charge in [-0.2, -0.15) is 0 Å². The summed E-state index contributed by atoms with van der Waals surface area (Å²) in [6.45, 7) is 4.65. The van der Waals surface area contributed by atoms with Gasteiger partial charge in [0.2, 0.25) is 0 Å². The normalized spacial score (nSPS) is 18.3. The fraction of sp³-hybridized carbons (Fsp3) is 0.733. The van der Waals surface area contributed by atoms with Gasteiger partial charge in [0.1, 0.15) is 0 Å². The van der Waals surface area contributed by atoms with Crippen LogP contribution in [0, 0.1) is 5.92 Å². The van der Waals surface area contributed by atoms with Crippen LogP contribution < -0.4 is 0 Å². The third kappa shape index (κ3) is 2.97. The van der Waals surface area contributed by atoms with E-state index in [2.05, 4.69) is 76.8 Å². The van der Waals surface area contributed by atoms with Crippen molar-refractivity contribution in [2.45, 2.75) is 26.7 Å². The van der Waals surface area contributed by atoms with Gasteiger partial charge in [0.15, 0.2) is 0 Å². The molecule has 110 valence electrons. The van der Waals surface area contributed by atoms with Crippen molar-refractivity contribution in [1.82, 2.24) is 8.53 Å². The summed E-state index contributed by atoms with van der Waals surface area (Å²) >= 11 is -2.83. The molecular formula is C15H31N3Zr. The van der Waals surface area contributed by atoms with Crippen molar-refractivity contribution in [3.63, 3.8) is 0 Å². The minimum atomic E-state index is -2.83. The van der Waals surface area contributed by atoms with Crippen LogP contribution in [0.2, 0.25) is 0 Å². The molecule has 19 heavy (non-hydrogen) atoms. The first kappa shape index (κ1) is 17.3. The summed E-state index contributed by atoms with van der Waals surface area (Å²) in [5.74, 6) is 0.671. The molecule has 0 heterocycles. The number of allylic oxidation sites excluding steroid dienone is 4. The fourth-order valence-corrected chi connectivity index (χ4v) is 16.1. The Morgan fingerprint density at radius 1 is 1.05 bits per heavy atom. The molecule has 0 amide bonds. The Labute approximate surface area is 125 Å². The summed E-state index contributed by atoms with van der Waals surface area (Å²) < 4.78 is 9.31. The third-order valence-corrected chi connectivity index (χ3v) is 16.8. The monoisotopic (exact) mass is 343 g/mol. The van der Waals surface area contributed by atoms with Crippen LogP contribution in [0.5, 0.6) is 0 Å². The Morgan fingerprint density at radius 2 is 1.53 bits per heavy atom. The fourth-order valence-electron chi connectivity index (χ4n) is 3.54. The van der Waals surface area contributed by atoms with Crippen LogP contribution in [0.25, 0.3) is 0 Å². The van der Waals surface area contributed by atoms with Crippen molar-refractivity contribution < 1.29 is 21.1 Å². The third-order valence-electron chi connectivity index (χ3n) is 4.39. The molecule has 0 aliphatic heterocycles. The summed E-state index contributed by atoms with van der Waals surface area (Å²) in [4.78, 5) is 0. The average Bonchev–Trinajstić information content (AvgIpc) is 2.76. The second-order valence-electron chi connectivity index (χ2n) is 6.17. The molecule has 1 atom stereocenters. The summed E-state index contributed by atoms with van der Waals surface area (Å²) in [7, 11) is 13.6. The zero-order chi connectivity index (χ0) is 14.8. The standard InChI is InChI=1S/C9H13.3C2H6N.Zr/c1-3-8(2)9-6-4-5-7-9;3*1-3-2;/h4,6,8H,3,5H2,1-2H3;3*1-2H3;/q;3*-1;+3. The van der Waals surface area contributed by atoms with Gasteiger partial charge in [-0.3, -0.25) is 0 Å². The Kier molecular flexibility index (Phi) is 6.19. The average molecular weight is 345 g/mol. The van der Waals surface area contributed by atoms with Crippen LogP contribution in [-0.2, 0) is 21.1 Å². The summed E-state index contributed by atoms with van der Waals surface area (Å²) in [6.07, 6.45) is 7.11. The van der Waals surface area contributed by atoms with Gasteiger partial charge in [-0.15, -0.1) is 0 Å². The minimum absolute atomic E-state index is 0.671. The van der Waals surface area contributed by atoms with Crippen LogP contribution in [0.3, 0.4) is 0 Å². The molecule has 0 aromatic heterocycles. The second kappa shape index (κ2) is 6.80. The Morgan fingerprint density at radius 3 is 1.89 bits per heavy atom. The Balaban J connectivity index is 3.41. The van der Waals surface area contributed by atoms with Gasteiger partial charge >= 0.3 is 126 Å². The van der Waals surface area contributed by atoms with Gasteiger partial charge < -0.3 is 0 Å². The van der Waals surface area contributed by atoms with E-state index in [-0.39, 0.29) is 0 Å². The molecular weight excluding hydrogens is 313 g/mol. The van der Waals surface area contributed by atoms with E-state index in [1.165, 1.54) is 6.42 Å². The SMILES string of the molecule is CCC(C)C1=[C]([Zr]([N](C)C)([N](C)C)[N](C)C)CC=C1. The molecule has 1 aliphatic carbocycles. The van der Waals surface area contributed by atoms with Gasteiger partial charge in [0.25, 0.3) is 0 Å². The summed E-state index contributed by atoms with van der Waals surface area (Å²) in [5.41, 5.74) is 1.61. The van der Waals surface area contributed by atoms with Crippen molar-refractivity contribution in [2.24, 2.45) is 5.92 Å². The summed E-state index contributed by atoms with van der Waals surface area (Å²) in [5, 5.41) is 0. The molecule has 0 bridgehead atoms. The first-order valence-electron chi connectivity index (χ1n) is 7.22. The van der Waals surface area contributed by atoms with Gasteiger partial charge in [-0.25, -0.2) is 0 Å². The van der Waals surface area contributed by atoms with Gasteiger partial charge in [0, 0.05) is 0 Å². The van der Waals surface area contributed by atoms with Crippen molar-refractivity contribution in [3.8, 4) is 0 Å². The zero-order valence-electron chi connectivity index (χ0n) is 14.0. The molecule has 0 aromatic carbocycles. The maximum atomic E-state index is 2.53. The molecule has 0 spiro atoms. The number of nitrogens with zero attached hydrogens (tertiary/aromatic N) is 3. The molecule has 4 heteroatoms. The van der Waals surface area contributed by atoms with Crippen LogP contribution in [0.15, 0.2) is 21.0 Å². The van der Waals surface area contributed by atoms with Crippen LogP contribution in [0.1, 0.15) is 26.7 Å². The summed E-state index contributed by atoms with van der Waals surface area (Å²) in [6, 6.07) is 0. The quantitative estimate of drug-likeness (QED) is 0.733. The maximum absolute atomic E-state index is 2.83. The van der Waals surface area contributed by atoms with Crippen molar-refractivity contribution in [3.05, 3.63) is 21.0 Å². The first-order valence-corrected chi connectivity index (χ1v) is 11.7. The van der Waals surface area contributed by atoms with E-state index >= 15 is 0 Å². The van der Waals surface area contributed by atoms with E-state index in [1.54, 1.807) is 8.85 Å². The molecule has 1 rings (SSSR count). The molecule has 0 saturated heterocycles. The molecule has 0 saturated carbocycles. The van der Waals surface area contributed by atoms with Crippen molar-refractivity contribution >= 4 is 0 Å². The second-order valence-corrected chi connectivity index (χ2v) is 17.4. The van der Waals surface area contributed by atoms with Gasteiger partial charge in [-0.1, -0.05) is 0 Å².